The third kappa shape index (κ3) is 8.88. The van der Waals surface area contributed by atoms with Crippen molar-refractivity contribution in [2.75, 3.05) is 12.9 Å². The van der Waals surface area contributed by atoms with E-state index in [-0.39, 0.29) is 62.5 Å². The average molecular weight is 680 g/mol. The summed E-state index contributed by atoms with van der Waals surface area (Å²) in [5.41, 5.74) is 0.212. The molecule has 43 heavy (non-hydrogen) atoms. The standard InChI is InChI=1S/C28H37N6O6S2.Cu/c1-10-40-21-16-15-18(27(2,3)4)17-22(21)42(38,39)33-26(35)19-13-11-12-14-20(19)29-30-23-24(28(5,6)7)31-34(8)25(23)32-41(9,36)37;/h11-17H,10H2,1-9H3,(H-,29,31,32,33,35);/q-1;+2/p-1. The number of sulfonamides is 2. The van der Waals surface area contributed by atoms with Crippen LogP contribution in [-0.4, -0.2) is 45.4 Å². The van der Waals surface area contributed by atoms with Crippen LogP contribution in [0.25, 0.3) is 9.44 Å². The minimum Gasteiger partial charge on any atom is -0.537 e. The molecule has 237 valence electrons. The molecule has 1 heterocycles. The summed E-state index contributed by atoms with van der Waals surface area (Å²) in [4.78, 5) is 13.1. The topological polar surface area (TPSA) is 165 Å². The first-order valence-electron chi connectivity index (χ1n) is 13.1. The van der Waals surface area contributed by atoms with Gasteiger partial charge in [0.15, 0.2) is 10.0 Å². The third-order valence-electron chi connectivity index (χ3n) is 5.94. The van der Waals surface area contributed by atoms with Gasteiger partial charge in [-0.05, 0) is 49.0 Å². The van der Waals surface area contributed by atoms with E-state index >= 15 is 0 Å². The molecule has 0 aliphatic carbocycles. The number of hydrogen-bond donors (Lipinski definition) is 0. The fourth-order valence-corrected chi connectivity index (χ4v) is 5.46. The molecule has 0 fully saturated rings. The Hall–Kier alpha value is -3.26. The molecule has 0 bridgehead atoms. The molecule has 0 aliphatic rings. The summed E-state index contributed by atoms with van der Waals surface area (Å²) in [5.74, 6) is -1.01. The Bertz CT molecular complexity index is 1740. The van der Waals surface area contributed by atoms with E-state index in [9.17, 15) is 21.6 Å². The second kappa shape index (κ2) is 13.2. The first-order valence-corrected chi connectivity index (χ1v) is 16.3. The summed E-state index contributed by atoms with van der Waals surface area (Å²) in [5, 5.41) is 12.8. The Balaban J connectivity index is 0.00000645. The van der Waals surface area contributed by atoms with Crippen LogP contribution in [-0.2, 0) is 55.0 Å². The third-order valence-corrected chi connectivity index (χ3v) is 7.72. The number of amides is 1. The number of ether oxygens (including phenoxy) is 1. The Morgan fingerprint density at radius 1 is 0.977 bits per heavy atom. The predicted molar refractivity (Wildman–Crippen MR) is 162 cm³/mol. The van der Waals surface area contributed by atoms with E-state index in [2.05, 4.69) is 24.8 Å². The van der Waals surface area contributed by atoms with Crippen LogP contribution in [0.5, 0.6) is 5.75 Å². The van der Waals surface area contributed by atoms with Crippen LogP contribution in [0.15, 0.2) is 57.6 Å². The van der Waals surface area contributed by atoms with Crippen LogP contribution in [0, 0.1) is 0 Å². The zero-order valence-electron chi connectivity index (χ0n) is 25.5. The van der Waals surface area contributed by atoms with Gasteiger partial charge in [0.1, 0.15) is 21.5 Å². The molecule has 0 unspecified atom stereocenters. The number of benzene rings is 2. The van der Waals surface area contributed by atoms with Crippen molar-refractivity contribution in [1.82, 2.24) is 9.78 Å². The van der Waals surface area contributed by atoms with Crippen LogP contribution in [0.4, 0.5) is 17.2 Å². The number of carbonyl (C=O) groups excluding carboxylic acids is 1. The van der Waals surface area contributed by atoms with Crippen LogP contribution in [0.1, 0.15) is 70.1 Å². The molecule has 1 radical (unpaired) electrons. The number of azo groups is 1. The summed E-state index contributed by atoms with van der Waals surface area (Å²) in [6.45, 7) is 13.3. The SMILES string of the molecule is CCOc1ccc(C(C)(C)C)cc1S(=O)(=O)[N-]C(=O)c1ccccc1N=Nc1c(C(C)(C)C)nn(C)c1[N-]S(C)(=O)=O.[Cu+2]. The quantitative estimate of drug-likeness (QED) is 0.179. The summed E-state index contributed by atoms with van der Waals surface area (Å²) in [6.07, 6.45) is 0.946. The number of carbonyl (C=O) groups is 1. The Labute approximate surface area is 264 Å². The molecule has 15 heteroatoms. The molecule has 0 atom stereocenters. The molecule has 2 aromatic carbocycles. The number of aromatic nitrogens is 2. The molecule has 1 aromatic heterocycles. The van der Waals surface area contributed by atoms with E-state index in [0.717, 1.165) is 11.8 Å². The van der Waals surface area contributed by atoms with Gasteiger partial charge in [0.05, 0.1) is 28.8 Å². The Morgan fingerprint density at radius 2 is 1.60 bits per heavy atom. The molecule has 3 rings (SSSR count). The van der Waals surface area contributed by atoms with Gasteiger partial charge in [-0.2, -0.15) is 0 Å². The van der Waals surface area contributed by atoms with E-state index in [1.165, 1.54) is 36.0 Å². The maximum Gasteiger partial charge on any atom is 2.00 e. The Kier molecular flexibility index (Phi) is 11.0. The van der Waals surface area contributed by atoms with Crippen LogP contribution in [0.2, 0.25) is 0 Å². The minimum atomic E-state index is -4.49. The van der Waals surface area contributed by atoms with E-state index < -0.39 is 31.4 Å². The molecule has 3 aromatic rings. The van der Waals surface area contributed by atoms with Gasteiger partial charge in [0.25, 0.3) is 0 Å². The average Bonchev–Trinajstić information content (AvgIpc) is 3.16. The molecule has 1 amide bonds. The molecule has 12 nitrogen and oxygen atoms in total. The van der Waals surface area contributed by atoms with Crippen LogP contribution in [0.3, 0.4) is 0 Å². The van der Waals surface area contributed by atoms with Crippen molar-refractivity contribution >= 4 is 43.1 Å². The Morgan fingerprint density at radius 3 is 2.16 bits per heavy atom. The van der Waals surface area contributed by atoms with Crippen molar-refractivity contribution < 1.29 is 43.4 Å². The fourth-order valence-electron chi connectivity index (χ4n) is 3.86. The maximum atomic E-state index is 13.4. The second-order valence-electron chi connectivity index (χ2n) is 11.7. The fraction of sp³-hybridized carbons (Fsp3) is 0.429. The zero-order chi connectivity index (χ0) is 31.7. The van der Waals surface area contributed by atoms with E-state index in [0.29, 0.717) is 5.69 Å². The van der Waals surface area contributed by atoms with E-state index in [1.807, 2.05) is 41.5 Å². The first kappa shape index (κ1) is 35.9. The smallest absolute Gasteiger partial charge is 0.537 e. The van der Waals surface area contributed by atoms with Gasteiger partial charge in [0.2, 0.25) is 0 Å². The molecule has 0 N–H and O–H groups in total. The van der Waals surface area contributed by atoms with Gasteiger partial charge >= 0.3 is 17.1 Å². The monoisotopic (exact) mass is 679 g/mol. The number of hydrogen-bond acceptors (Lipinski definition) is 9. The second-order valence-corrected chi connectivity index (χ2v) is 14.9. The maximum absolute atomic E-state index is 13.4. The summed E-state index contributed by atoms with van der Waals surface area (Å²) in [7, 11) is -6.77. The number of aryl methyl sites for hydroxylation is 1. The van der Waals surface area contributed by atoms with Crippen molar-refractivity contribution in [2.24, 2.45) is 17.3 Å². The zero-order valence-corrected chi connectivity index (χ0v) is 28.1. The molecular weight excluding hydrogens is 644 g/mol. The molecule has 0 saturated carbocycles. The first-order chi connectivity index (χ1) is 19.2. The normalized spacial score (nSPS) is 12.6. The largest absolute Gasteiger partial charge is 2.00 e. The van der Waals surface area contributed by atoms with Crippen molar-refractivity contribution in [2.45, 2.75) is 64.2 Å². The van der Waals surface area contributed by atoms with Gasteiger partial charge < -0.3 is 23.7 Å². The summed E-state index contributed by atoms with van der Waals surface area (Å²) >= 11 is 0. The van der Waals surface area contributed by atoms with Crippen molar-refractivity contribution in [3.63, 3.8) is 0 Å². The van der Waals surface area contributed by atoms with Gasteiger partial charge in [0, 0.05) is 17.2 Å². The van der Waals surface area contributed by atoms with Crippen LogP contribution >= 0.6 is 0 Å². The van der Waals surface area contributed by atoms with Gasteiger partial charge in [-0.15, -0.1) is 10.2 Å². The molecule has 0 aliphatic heterocycles. The summed E-state index contributed by atoms with van der Waals surface area (Å²) in [6, 6.07) is 10.8. The van der Waals surface area contributed by atoms with Crippen molar-refractivity contribution in [1.29, 1.82) is 0 Å². The van der Waals surface area contributed by atoms with Gasteiger partial charge in [-0.3, -0.25) is 5.10 Å². The van der Waals surface area contributed by atoms with Crippen molar-refractivity contribution in [3.8, 4) is 5.75 Å². The van der Waals surface area contributed by atoms with Gasteiger partial charge in [-0.1, -0.05) is 65.8 Å². The van der Waals surface area contributed by atoms with Gasteiger partial charge in [-0.25, -0.2) is 16.8 Å². The molecular formula is C28H36CuN6O6S2. The van der Waals surface area contributed by atoms with Crippen LogP contribution < -0.4 is 4.74 Å². The summed E-state index contributed by atoms with van der Waals surface area (Å²) < 4.78 is 65.0. The number of nitrogens with zero attached hydrogens (tertiary/aromatic N) is 6. The van der Waals surface area contributed by atoms with Crippen molar-refractivity contribution in [3.05, 3.63) is 68.7 Å². The minimum absolute atomic E-state index is 0. The number of rotatable bonds is 9. The predicted octanol–water partition coefficient (Wildman–Crippen LogP) is 6.69. The molecule has 0 saturated heterocycles. The molecule has 0 spiro atoms. The van der Waals surface area contributed by atoms with E-state index in [1.54, 1.807) is 25.1 Å². The van der Waals surface area contributed by atoms with E-state index in [4.69, 9.17) is 4.74 Å².